The van der Waals surface area contributed by atoms with Crippen LogP contribution in [0.2, 0.25) is 0 Å². The predicted octanol–water partition coefficient (Wildman–Crippen LogP) is 3.31. The minimum absolute atomic E-state index is 0.157. The van der Waals surface area contributed by atoms with Crippen molar-refractivity contribution in [1.82, 2.24) is 5.32 Å². The molecule has 0 aliphatic rings. The summed E-state index contributed by atoms with van der Waals surface area (Å²) in [5.74, 6) is -0.330. The molecule has 0 saturated carbocycles. The van der Waals surface area contributed by atoms with Gasteiger partial charge in [0, 0.05) is 6.54 Å². The van der Waals surface area contributed by atoms with Crippen LogP contribution in [0.3, 0.4) is 0 Å². The van der Waals surface area contributed by atoms with E-state index in [-0.39, 0.29) is 11.5 Å². The molecule has 0 fully saturated rings. The Balaban J connectivity index is 1.98. The second-order valence-corrected chi connectivity index (χ2v) is 4.64. The number of phenols is 2. The summed E-state index contributed by atoms with van der Waals surface area (Å²) in [5.41, 5.74) is 2.27. The maximum atomic E-state index is 9.40. The number of allylic oxidation sites excluding steroid dienone is 3. The van der Waals surface area contributed by atoms with Crippen LogP contribution in [0.5, 0.6) is 11.5 Å². The minimum Gasteiger partial charge on any atom is -0.504 e. The minimum atomic E-state index is -0.172. The first-order valence-corrected chi connectivity index (χ1v) is 6.77. The van der Waals surface area contributed by atoms with E-state index in [4.69, 9.17) is 5.26 Å². The lowest BCUT2D eigenvalue weighted by molar-refractivity contribution is 0.403. The topological polar surface area (TPSA) is 76.3 Å². The van der Waals surface area contributed by atoms with Gasteiger partial charge in [0.05, 0.1) is 0 Å². The van der Waals surface area contributed by atoms with Gasteiger partial charge in [0.1, 0.15) is 11.8 Å². The fourth-order valence-corrected chi connectivity index (χ4v) is 1.83. The van der Waals surface area contributed by atoms with Gasteiger partial charge in [-0.25, -0.2) is 0 Å². The van der Waals surface area contributed by atoms with E-state index in [0.717, 1.165) is 11.1 Å². The summed E-state index contributed by atoms with van der Waals surface area (Å²) < 4.78 is 0. The highest BCUT2D eigenvalue weighted by Gasteiger charge is 1.98. The van der Waals surface area contributed by atoms with Crippen molar-refractivity contribution in [1.29, 1.82) is 5.26 Å². The van der Waals surface area contributed by atoms with Gasteiger partial charge in [0.25, 0.3) is 0 Å². The zero-order valence-electron chi connectivity index (χ0n) is 11.9. The maximum Gasteiger partial charge on any atom is 0.157 e. The van der Waals surface area contributed by atoms with Gasteiger partial charge in [0.15, 0.2) is 11.5 Å². The smallest absolute Gasteiger partial charge is 0.157 e. The summed E-state index contributed by atoms with van der Waals surface area (Å²) in [6.07, 6.45) is 5.11. The number of nitrogens with one attached hydrogen (secondary N) is 1. The highest BCUT2D eigenvalue weighted by molar-refractivity contribution is 5.56. The number of benzene rings is 2. The third-order valence-corrected chi connectivity index (χ3v) is 3.00. The Bertz CT molecular complexity index is 728. The van der Waals surface area contributed by atoms with Gasteiger partial charge in [-0.3, -0.25) is 0 Å². The third kappa shape index (κ3) is 4.43. The molecule has 110 valence electrons. The molecule has 0 saturated heterocycles. The van der Waals surface area contributed by atoms with Crippen LogP contribution < -0.4 is 5.32 Å². The zero-order chi connectivity index (χ0) is 15.8. The molecule has 22 heavy (non-hydrogen) atoms. The second kappa shape index (κ2) is 7.55. The quantitative estimate of drug-likeness (QED) is 0.449. The van der Waals surface area contributed by atoms with Gasteiger partial charge >= 0.3 is 0 Å². The van der Waals surface area contributed by atoms with Gasteiger partial charge in [0.2, 0.25) is 0 Å². The number of nitriles is 1. The van der Waals surface area contributed by atoms with E-state index < -0.39 is 0 Å². The first-order valence-electron chi connectivity index (χ1n) is 6.77. The Morgan fingerprint density at radius 3 is 2.55 bits per heavy atom. The van der Waals surface area contributed by atoms with Crippen molar-refractivity contribution in [3.05, 3.63) is 77.5 Å². The second-order valence-electron chi connectivity index (χ2n) is 4.64. The molecule has 0 aromatic heterocycles. The summed E-state index contributed by atoms with van der Waals surface area (Å²) in [5, 5.41) is 30.8. The van der Waals surface area contributed by atoms with E-state index in [1.165, 1.54) is 12.1 Å². The Morgan fingerprint density at radius 2 is 1.86 bits per heavy atom. The standard InChI is InChI=1S/C18H16N2O2/c19-12-16(20-13-15-5-2-1-3-6-15)8-4-7-14-9-10-17(21)18(22)11-14/h1-11,20-22H,13H2/b7-4+,16-8+. The fraction of sp³-hybridized carbons (Fsp3) is 0.0556. The molecule has 2 aromatic carbocycles. The Labute approximate surface area is 129 Å². The number of hydrogen-bond acceptors (Lipinski definition) is 4. The van der Waals surface area contributed by atoms with Gasteiger partial charge in [-0.1, -0.05) is 48.6 Å². The zero-order valence-corrected chi connectivity index (χ0v) is 11.9. The first kappa shape index (κ1) is 15.2. The van der Waals surface area contributed by atoms with Crippen LogP contribution in [0.25, 0.3) is 6.08 Å². The van der Waals surface area contributed by atoms with Crippen LogP contribution >= 0.6 is 0 Å². The molecule has 0 amide bonds. The predicted molar refractivity (Wildman–Crippen MR) is 85.8 cm³/mol. The van der Waals surface area contributed by atoms with Crippen LogP contribution in [0.4, 0.5) is 0 Å². The molecule has 0 aliphatic carbocycles. The SMILES string of the molecule is N#C/C(=C\C=C\c1ccc(O)c(O)c1)NCc1ccccc1. The average molecular weight is 292 g/mol. The van der Waals surface area contributed by atoms with Crippen LogP contribution in [-0.4, -0.2) is 10.2 Å². The number of nitrogens with zero attached hydrogens (tertiary/aromatic N) is 1. The monoisotopic (exact) mass is 292 g/mol. The summed E-state index contributed by atoms with van der Waals surface area (Å²) in [7, 11) is 0. The summed E-state index contributed by atoms with van der Waals surface area (Å²) in [6, 6.07) is 16.4. The molecule has 0 aliphatic heterocycles. The number of rotatable bonds is 5. The van der Waals surface area contributed by atoms with Crippen molar-refractivity contribution in [2.24, 2.45) is 0 Å². The number of aromatic hydroxyl groups is 2. The van der Waals surface area contributed by atoms with E-state index in [2.05, 4.69) is 11.4 Å². The lowest BCUT2D eigenvalue weighted by Crippen LogP contribution is -2.11. The highest BCUT2D eigenvalue weighted by atomic mass is 16.3. The molecule has 0 bridgehead atoms. The molecule has 4 nitrogen and oxygen atoms in total. The molecule has 4 heteroatoms. The summed E-state index contributed by atoms with van der Waals surface area (Å²) in [4.78, 5) is 0. The normalized spacial score (nSPS) is 11.3. The van der Waals surface area contributed by atoms with E-state index in [1.54, 1.807) is 24.3 Å². The van der Waals surface area contributed by atoms with E-state index in [1.807, 2.05) is 30.3 Å². The lowest BCUT2D eigenvalue weighted by Gasteiger charge is -2.03. The largest absolute Gasteiger partial charge is 0.504 e. The maximum absolute atomic E-state index is 9.40. The van der Waals surface area contributed by atoms with Crippen molar-refractivity contribution in [2.45, 2.75) is 6.54 Å². The van der Waals surface area contributed by atoms with Crippen molar-refractivity contribution < 1.29 is 10.2 Å². The average Bonchev–Trinajstić information content (AvgIpc) is 2.55. The Morgan fingerprint density at radius 1 is 1.09 bits per heavy atom. The molecule has 0 unspecified atom stereocenters. The third-order valence-electron chi connectivity index (χ3n) is 3.00. The van der Waals surface area contributed by atoms with Crippen LogP contribution in [0.15, 0.2) is 66.4 Å². The van der Waals surface area contributed by atoms with Crippen LogP contribution in [0, 0.1) is 11.3 Å². The summed E-state index contributed by atoms with van der Waals surface area (Å²) >= 11 is 0. The summed E-state index contributed by atoms with van der Waals surface area (Å²) in [6.45, 7) is 0.577. The van der Waals surface area contributed by atoms with E-state index >= 15 is 0 Å². The van der Waals surface area contributed by atoms with Gasteiger partial charge in [-0.05, 0) is 29.3 Å². The molecule has 0 spiro atoms. The van der Waals surface area contributed by atoms with Crippen molar-refractivity contribution >= 4 is 6.08 Å². The molecular formula is C18H16N2O2. The van der Waals surface area contributed by atoms with E-state index in [0.29, 0.717) is 12.2 Å². The Kier molecular flexibility index (Phi) is 5.22. The van der Waals surface area contributed by atoms with Crippen LogP contribution in [-0.2, 0) is 6.54 Å². The number of hydrogen-bond donors (Lipinski definition) is 3. The molecule has 2 aromatic rings. The van der Waals surface area contributed by atoms with Gasteiger partial charge < -0.3 is 15.5 Å². The van der Waals surface area contributed by atoms with Crippen LogP contribution in [0.1, 0.15) is 11.1 Å². The van der Waals surface area contributed by atoms with Gasteiger partial charge in [-0.15, -0.1) is 0 Å². The van der Waals surface area contributed by atoms with Crippen molar-refractivity contribution in [3.8, 4) is 17.6 Å². The molecular weight excluding hydrogens is 276 g/mol. The van der Waals surface area contributed by atoms with Gasteiger partial charge in [-0.2, -0.15) is 5.26 Å². The molecule has 0 atom stereocenters. The molecule has 3 N–H and O–H groups in total. The van der Waals surface area contributed by atoms with Crippen molar-refractivity contribution in [2.75, 3.05) is 0 Å². The lowest BCUT2D eigenvalue weighted by atomic mass is 10.2. The first-order chi connectivity index (χ1) is 10.7. The molecule has 2 rings (SSSR count). The highest BCUT2D eigenvalue weighted by Crippen LogP contribution is 2.25. The number of phenolic OH excluding ortho intramolecular Hbond substituents is 2. The molecule has 0 heterocycles. The van der Waals surface area contributed by atoms with E-state index in [9.17, 15) is 10.2 Å². The fourth-order valence-electron chi connectivity index (χ4n) is 1.83. The molecule has 0 radical (unpaired) electrons. The van der Waals surface area contributed by atoms with Crippen molar-refractivity contribution in [3.63, 3.8) is 0 Å². The Hall–Kier alpha value is -3.19.